The van der Waals surface area contributed by atoms with E-state index in [9.17, 15) is 9.59 Å². The molecule has 36 heavy (non-hydrogen) atoms. The lowest BCUT2D eigenvalue weighted by Gasteiger charge is -2.47. The molecular weight excluding hydrogens is 450 g/mol. The van der Waals surface area contributed by atoms with Crippen LogP contribution in [-0.4, -0.2) is 52.8 Å². The van der Waals surface area contributed by atoms with Gasteiger partial charge in [-0.05, 0) is 47.7 Å². The Balaban J connectivity index is 1.34. The van der Waals surface area contributed by atoms with Crippen LogP contribution in [0.25, 0.3) is 10.9 Å². The van der Waals surface area contributed by atoms with Crippen LogP contribution in [0.2, 0.25) is 0 Å². The molecule has 0 aliphatic carbocycles. The second-order valence-corrected chi connectivity index (χ2v) is 9.61. The number of rotatable bonds is 6. The van der Waals surface area contributed by atoms with E-state index in [1.165, 1.54) is 5.56 Å². The summed E-state index contributed by atoms with van der Waals surface area (Å²) in [7, 11) is 1.64. The summed E-state index contributed by atoms with van der Waals surface area (Å²) in [6, 6.07) is 25.4. The fourth-order valence-corrected chi connectivity index (χ4v) is 5.76. The summed E-state index contributed by atoms with van der Waals surface area (Å²) in [6.07, 6.45) is 2.23. The molecule has 3 heterocycles. The Hall–Kier alpha value is -4.06. The molecule has 0 spiro atoms. The van der Waals surface area contributed by atoms with Crippen molar-refractivity contribution in [2.24, 2.45) is 0 Å². The van der Waals surface area contributed by atoms with Gasteiger partial charge in [-0.15, -0.1) is 0 Å². The first-order chi connectivity index (χ1) is 17.6. The Morgan fingerprint density at radius 2 is 1.69 bits per heavy atom. The molecule has 6 nitrogen and oxygen atoms in total. The van der Waals surface area contributed by atoms with Gasteiger partial charge in [-0.3, -0.25) is 9.59 Å². The van der Waals surface area contributed by atoms with Crippen molar-refractivity contribution < 1.29 is 14.3 Å². The molecule has 2 atom stereocenters. The molecule has 182 valence electrons. The lowest BCUT2D eigenvalue weighted by Crippen LogP contribution is -2.63. The average Bonchev–Trinajstić information content (AvgIpc) is 3.29. The minimum atomic E-state index is -0.512. The number of aryl methyl sites for hydroxylation is 1. The Morgan fingerprint density at radius 3 is 2.47 bits per heavy atom. The van der Waals surface area contributed by atoms with Gasteiger partial charge < -0.3 is 19.5 Å². The normalized spacial score (nSPS) is 19.4. The largest absolute Gasteiger partial charge is 0.497 e. The molecule has 0 radical (unpaired) electrons. The summed E-state index contributed by atoms with van der Waals surface area (Å²) in [5.74, 6) is 0.787. The second-order valence-electron chi connectivity index (χ2n) is 9.61. The molecule has 1 N–H and O–H groups in total. The number of nitrogens with zero attached hydrogens (tertiary/aromatic N) is 2. The Kier molecular flexibility index (Phi) is 5.72. The molecule has 0 saturated carbocycles. The van der Waals surface area contributed by atoms with E-state index in [1.807, 2.05) is 59.5 Å². The van der Waals surface area contributed by atoms with Gasteiger partial charge >= 0.3 is 0 Å². The van der Waals surface area contributed by atoms with Crippen molar-refractivity contribution in [1.82, 2.24) is 14.8 Å². The van der Waals surface area contributed by atoms with Gasteiger partial charge in [-0.2, -0.15) is 0 Å². The minimum Gasteiger partial charge on any atom is -0.497 e. The number of benzene rings is 3. The average molecular weight is 480 g/mol. The van der Waals surface area contributed by atoms with E-state index >= 15 is 0 Å². The molecule has 2 aliphatic heterocycles. The van der Waals surface area contributed by atoms with Crippen LogP contribution in [-0.2, 0) is 22.4 Å². The van der Waals surface area contributed by atoms with Gasteiger partial charge in [0.2, 0.25) is 11.8 Å². The molecule has 3 aromatic carbocycles. The molecule has 0 bridgehead atoms. The van der Waals surface area contributed by atoms with Crippen LogP contribution in [0.15, 0.2) is 78.9 Å². The van der Waals surface area contributed by atoms with Crippen LogP contribution in [0.5, 0.6) is 5.75 Å². The summed E-state index contributed by atoms with van der Waals surface area (Å²) >= 11 is 0. The van der Waals surface area contributed by atoms with Crippen molar-refractivity contribution >= 4 is 22.7 Å². The van der Waals surface area contributed by atoms with Gasteiger partial charge in [-0.25, -0.2) is 0 Å². The van der Waals surface area contributed by atoms with Crippen LogP contribution < -0.4 is 4.74 Å². The molecular formula is C30H29N3O3. The number of amides is 2. The zero-order valence-corrected chi connectivity index (χ0v) is 20.3. The quantitative estimate of drug-likeness (QED) is 0.443. The highest BCUT2D eigenvalue weighted by Gasteiger charge is 2.48. The number of aromatic amines is 1. The number of para-hydroxylation sites is 1. The first kappa shape index (κ1) is 22.4. The molecule has 1 saturated heterocycles. The third kappa shape index (κ3) is 3.83. The van der Waals surface area contributed by atoms with Gasteiger partial charge in [0.05, 0.1) is 19.7 Å². The number of piperazine rings is 1. The predicted molar refractivity (Wildman–Crippen MR) is 139 cm³/mol. The topological polar surface area (TPSA) is 65.6 Å². The molecule has 1 fully saturated rings. The van der Waals surface area contributed by atoms with Crippen LogP contribution in [0.4, 0.5) is 0 Å². The predicted octanol–water partition coefficient (Wildman–Crippen LogP) is 4.49. The molecule has 6 heteroatoms. The zero-order chi connectivity index (χ0) is 24.6. The van der Waals surface area contributed by atoms with Gasteiger partial charge in [0.15, 0.2) is 0 Å². The lowest BCUT2D eigenvalue weighted by molar-refractivity contribution is -0.158. The van der Waals surface area contributed by atoms with E-state index in [0.29, 0.717) is 13.0 Å². The Morgan fingerprint density at radius 1 is 0.944 bits per heavy atom. The van der Waals surface area contributed by atoms with Crippen LogP contribution in [0.1, 0.15) is 34.8 Å². The van der Waals surface area contributed by atoms with Crippen molar-refractivity contribution in [3.05, 3.63) is 101 Å². The molecule has 1 aromatic heterocycles. The van der Waals surface area contributed by atoms with E-state index in [4.69, 9.17) is 4.74 Å². The summed E-state index contributed by atoms with van der Waals surface area (Å²) in [5, 5.41) is 1.12. The van der Waals surface area contributed by atoms with Crippen molar-refractivity contribution in [3.8, 4) is 5.75 Å². The Bertz CT molecular complexity index is 1410. The smallest absolute Gasteiger partial charge is 0.246 e. The number of H-pyrrole nitrogens is 1. The van der Waals surface area contributed by atoms with E-state index in [-0.39, 0.29) is 24.4 Å². The van der Waals surface area contributed by atoms with E-state index in [1.54, 1.807) is 12.0 Å². The maximum Gasteiger partial charge on any atom is 0.246 e. The highest BCUT2D eigenvalue weighted by molar-refractivity contribution is 5.97. The molecule has 2 aliphatic rings. The molecule has 4 aromatic rings. The van der Waals surface area contributed by atoms with Crippen molar-refractivity contribution in [2.45, 2.75) is 31.3 Å². The van der Waals surface area contributed by atoms with Gasteiger partial charge in [0.1, 0.15) is 11.8 Å². The monoisotopic (exact) mass is 479 g/mol. The number of carbonyl (C=O) groups is 2. The maximum absolute atomic E-state index is 13.8. The van der Waals surface area contributed by atoms with Crippen LogP contribution in [0, 0.1) is 0 Å². The number of ether oxygens (including phenoxy) is 1. The summed E-state index contributed by atoms with van der Waals surface area (Å²) < 4.78 is 5.35. The van der Waals surface area contributed by atoms with Gasteiger partial charge in [-0.1, -0.05) is 60.7 Å². The lowest BCUT2D eigenvalue weighted by atomic mass is 9.86. The van der Waals surface area contributed by atoms with E-state index in [2.05, 4.69) is 29.2 Å². The molecule has 2 unspecified atom stereocenters. The van der Waals surface area contributed by atoms with E-state index in [0.717, 1.165) is 46.3 Å². The minimum absolute atomic E-state index is 0.00978. The van der Waals surface area contributed by atoms with Gasteiger partial charge in [0, 0.05) is 29.6 Å². The SMILES string of the molecule is COc1ccc(C2c3[nH]c4ccccc4c3CC3C(=O)N(CCCc4ccccc4)CC(=O)N32)cc1. The van der Waals surface area contributed by atoms with Crippen LogP contribution >= 0.6 is 0 Å². The van der Waals surface area contributed by atoms with Gasteiger partial charge in [0.25, 0.3) is 0 Å². The summed E-state index contributed by atoms with van der Waals surface area (Å²) in [4.78, 5) is 34.6. The number of nitrogens with one attached hydrogen (secondary N) is 1. The summed E-state index contributed by atoms with van der Waals surface area (Å²) in [5.41, 5.74) is 5.36. The fraction of sp³-hybridized carbons (Fsp3) is 0.267. The first-order valence-corrected chi connectivity index (χ1v) is 12.5. The zero-order valence-electron chi connectivity index (χ0n) is 20.3. The van der Waals surface area contributed by atoms with Crippen molar-refractivity contribution in [3.63, 3.8) is 0 Å². The number of hydrogen-bond donors (Lipinski definition) is 1. The molecule has 2 amide bonds. The Labute approximate surface area is 210 Å². The second kappa shape index (κ2) is 9.19. The van der Waals surface area contributed by atoms with Crippen LogP contribution in [0.3, 0.4) is 0 Å². The highest BCUT2D eigenvalue weighted by atomic mass is 16.5. The van der Waals surface area contributed by atoms with Crippen molar-refractivity contribution in [2.75, 3.05) is 20.2 Å². The van der Waals surface area contributed by atoms with Crippen molar-refractivity contribution in [1.29, 1.82) is 0 Å². The third-order valence-corrected chi connectivity index (χ3v) is 7.51. The highest BCUT2D eigenvalue weighted by Crippen LogP contribution is 2.42. The third-order valence-electron chi connectivity index (χ3n) is 7.51. The van der Waals surface area contributed by atoms with E-state index < -0.39 is 6.04 Å². The number of methoxy groups -OCH3 is 1. The first-order valence-electron chi connectivity index (χ1n) is 12.5. The number of carbonyl (C=O) groups excluding carboxylic acids is 2. The molecule has 6 rings (SSSR count). The standard InChI is InChI=1S/C30H29N3O3/c1-36-22-15-13-21(14-16-22)29-28-24(23-11-5-6-12-25(23)31-28)18-26-30(35)32(19-27(34)33(26)29)17-7-10-20-8-3-2-4-9-20/h2-6,8-9,11-16,26,29,31H,7,10,17-19H2,1H3. The number of hydrogen-bond acceptors (Lipinski definition) is 3. The number of fused-ring (bicyclic) bond motifs is 4. The number of aromatic nitrogens is 1. The summed E-state index contributed by atoms with van der Waals surface area (Å²) in [6.45, 7) is 0.699. The fourth-order valence-electron chi connectivity index (χ4n) is 5.76. The maximum atomic E-state index is 13.8.